The molecule has 22 heavy (non-hydrogen) atoms. The average Bonchev–Trinajstić information content (AvgIpc) is 2.51. The van der Waals surface area contributed by atoms with Crippen molar-refractivity contribution in [1.82, 2.24) is 10.2 Å². The summed E-state index contributed by atoms with van der Waals surface area (Å²) >= 11 is 5.86. The lowest BCUT2D eigenvalue weighted by Crippen LogP contribution is -2.41. The Bertz CT molecular complexity index is 457. The van der Waals surface area contributed by atoms with Crippen LogP contribution in [0.25, 0.3) is 0 Å². The first kappa shape index (κ1) is 17.3. The van der Waals surface area contributed by atoms with Crippen LogP contribution in [0.2, 0.25) is 5.02 Å². The van der Waals surface area contributed by atoms with Gasteiger partial charge in [-0.05, 0) is 69.1 Å². The maximum atomic E-state index is 12.2. The smallest absolute Gasteiger partial charge is 0.238 e. The second-order valence-corrected chi connectivity index (χ2v) is 6.44. The van der Waals surface area contributed by atoms with Crippen LogP contribution < -0.4 is 10.6 Å². The van der Waals surface area contributed by atoms with Crippen LogP contribution in [-0.2, 0) is 4.79 Å². The van der Waals surface area contributed by atoms with Gasteiger partial charge in [0.05, 0.1) is 6.54 Å². The minimum absolute atomic E-state index is 0.0412. The summed E-state index contributed by atoms with van der Waals surface area (Å²) in [5.74, 6) is 0.697. The number of nitrogens with one attached hydrogen (secondary N) is 2. The van der Waals surface area contributed by atoms with Crippen molar-refractivity contribution in [3.05, 3.63) is 29.3 Å². The van der Waals surface area contributed by atoms with Crippen LogP contribution in [0.3, 0.4) is 0 Å². The van der Waals surface area contributed by atoms with Gasteiger partial charge in [-0.3, -0.25) is 9.69 Å². The summed E-state index contributed by atoms with van der Waals surface area (Å²) in [6.07, 6.45) is 3.56. The molecule has 1 aromatic carbocycles. The highest BCUT2D eigenvalue weighted by atomic mass is 35.5. The molecule has 1 atom stereocenters. The van der Waals surface area contributed by atoms with Gasteiger partial charge in [0, 0.05) is 17.3 Å². The van der Waals surface area contributed by atoms with Gasteiger partial charge in [0.1, 0.15) is 0 Å². The van der Waals surface area contributed by atoms with E-state index in [1.165, 1.54) is 12.8 Å². The van der Waals surface area contributed by atoms with Gasteiger partial charge in [0.2, 0.25) is 5.91 Å². The van der Waals surface area contributed by atoms with Crippen LogP contribution in [0.15, 0.2) is 24.3 Å². The van der Waals surface area contributed by atoms with Crippen LogP contribution >= 0.6 is 11.6 Å². The van der Waals surface area contributed by atoms with Gasteiger partial charge in [-0.1, -0.05) is 18.5 Å². The van der Waals surface area contributed by atoms with E-state index in [0.29, 0.717) is 17.5 Å². The molecule has 1 aliphatic heterocycles. The second kappa shape index (κ2) is 9.13. The molecule has 122 valence electrons. The van der Waals surface area contributed by atoms with E-state index >= 15 is 0 Å². The summed E-state index contributed by atoms with van der Waals surface area (Å²) in [5.41, 5.74) is 0.796. The Morgan fingerprint density at radius 2 is 2.18 bits per heavy atom. The Morgan fingerprint density at radius 3 is 2.82 bits per heavy atom. The van der Waals surface area contributed by atoms with Crippen LogP contribution in [0.4, 0.5) is 5.69 Å². The summed E-state index contributed by atoms with van der Waals surface area (Å²) < 4.78 is 0. The third-order valence-electron chi connectivity index (χ3n) is 3.95. The van der Waals surface area contributed by atoms with E-state index < -0.39 is 0 Å². The highest BCUT2D eigenvalue weighted by Crippen LogP contribution is 2.14. The number of nitrogens with zero attached hydrogens (tertiary/aromatic N) is 1. The number of piperidine rings is 1. The van der Waals surface area contributed by atoms with Crippen LogP contribution in [-0.4, -0.2) is 43.5 Å². The Balaban J connectivity index is 1.83. The predicted molar refractivity (Wildman–Crippen MR) is 92.4 cm³/mol. The molecule has 1 fully saturated rings. The van der Waals surface area contributed by atoms with Crippen molar-refractivity contribution in [2.45, 2.75) is 26.2 Å². The van der Waals surface area contributed by atoms with Crippen molar-refractivity contribution in [2.24, 2.45) is 5.92 Å². The van der Waals surface area contributed by atoms with Crippen LogP contribution in [0.1, 0.15) is 26.2 Å². The van der Waals surface area contributed by atoms with E-state index in [9.17, 15) is 4.79 Å². The number of anilines is 1. The average molecular weight is 324 g/mol. The molecule has 0 aliphatic carbocycles. The van der Waals surface area contributed by atoms with Crippen LogP contribution in [0.5, 0.6) is 0 Å². The quantitative estimate of drug-likeness (QED) is 0.810. The van der Waals surface area contributed by atoms with Crippen LogP contribution in [0, 0.1) is 5.92 Å². The van der Waals surface area contributed by atoms with Gasteiger partial charge in [0.25, 0.3) is 0 Å². The Morgan fingerprint density at radius 1 is 1.41 bits per heavy atom. The number of carbonyl (C=O) groups excluding carboxylic acids is 1. The van der Waals surface area contributed by atoms with E-state index in [0.717, 1.165) is 38.3 Å². The molecule has 1 saturated heterocycles. The Hall–Kier alpha value is -1.10. The topological polar surface area (TPSA) is 44.4 Å². The summed E-state index contributed by atoms with van der Waals surface area (Å²) in [6.45, 7) is 6.76. The number of amides is 1. The number of carbonyl (C=O) groups is 1. The second-order valence-electron chi connectivity index (χ2n) is 6.00. The lowest BCUT2D eigenvalue weighted by molar-refractivity contribution is -0.117. The molecule has 1 heterocycles. The minimum Gasteiger partial charge on any atom is -0.325 e. The molecule has 0 spiro atoms. The fourth-order valence-electron chi connectivity index (χ4n) is 2.93. The zero-order chi connectivity index (χ0) is 15.8. The normalized spacial score (nSPS) is 18.4. The molecule has 4 nitrogen and oxygen atoms in total. The SMILES string of the molecule is CCCN(CC(=O)Nc1ccc(Cl)cc1)CC1CCCNC1. The summed E-state index contributed by atoms with van der Waals surface area (Å²) in [6, 6.07) is 7.23. The van der Waals surface area contributed by atoms with E-state index in [4.69, 9.17) is 11.6 Å². The summed E-state index contributed by atoms with van der Waals surface area (Å²) in [7, 11) is 0. The number of benzene rings is 1. The first-order valence-corrected chi connectivity index (χ1v) is 8.53. The first-order valence-electron chi connectivity index (χ1n) is 8.16. The van der Waals surface area contributed by atoms with Crippen molar-refractivity contribution in [3.8, 4) is 0 Å². The molecule has 1 aliphatic rings. The minimum atomic E-state index is 0.0412. The number of halogens is 1. The van der Waals surface area contributed by atoms with Gasteiger partial charge in [-0.15, -0.1) is 0 Å². The lowest BCUT2D eigenvalue weighted by atomic mass is 9.99. The van der Waals surface area contributed by atoms with Gasteiger partial charge < -0.3 is 10.6 Å². The molecule has 0 bridgehead atoms. The fourth-order valence-corrected chi connectivity index (χ4v) is 3.06. The highest BCUT2D eigenvalue weighted by Gasteiger charge is 2.18. The molecule has 2 N–H and O–H groups in total. The van der Waals surface area contributed by atoms with Gasteiger partial charge in [-0.25, -0.2) is 0 Å². The molecule has 2 rings (SSSR count). The molecule has 0 radical (unpaired) electrons. The molecular formula is C17H26ClN3O. The standard InChI is InChI=1S/C17H26ClN3O/c1-2-10-21(12-14-4-3-9-19-11-14)13-17(22)20-16-7-5-15(18)6-8-16/h5-8,14,19H,2-4,9-13H2,1H3,(H,20,22). The van der Waals surface area contributed by atoms with Crippen molar-refractivity contribution < 1.29 is 4.79 Å². The molecule has 1 aromatic rings. The van der Waals surface area contributed by atoms with Gasteiger partial charge in [-0.2, -0.15) is 0 Å². The van der Waals surface area contributed by atoms with E-state index in [-0.39, 0.29) is 5.91 Å². The predicted octanol–water partition coefficient (Wildman–Crippen LogP) is 2.99. The van der Waals surface area contributed by atoms with Crippen molar-refractivity contribution in [2.75, 3.05) is 38.0 Å². The van der Waals surface area contributed by atoms with Gasteiger partial charge in [0.15, 0.2) is 0 Å². The fraction of sp³-hybridized carbons (Fsp3) is 0.588. The Kier molecular flexibility index (Phi) is 7.16. The highest BCUT2D eigenvalue weighted by molar-refractivity contribution is 6.30. The molecule has 5 heteroatoms. The molecule has 1 amide bonds. The largest absolute Gasteiger partial charge is 0.325 e. The third kappa shape index (κ3) is 5.95. The first-order chi connectivity index (χ1) is 10.7. The maximum absolute atomic E-state index is 12.2. The maximum Gasteiger partial charge on any atom is 0.238 e. The molecule has 0 saturated carbocycles. The summed E-state index contributed by atoms with van der Waals surface area (Å²) in [5, 5.41) is 7.06. The monoisotopic (exact) mass is 323 g/mol. The molecular weight excluding hydrogens is 298 g/mol. The van der Waals surface area contributed by atoms with Crippen molar-refractivity contribution in [1.29, 1.82) is 0 Å². The van der Waals surface area contributed by atoms with E-state index in [1.807, 2.05) is 12.1 Å². The number of hydrogen-bond acceptors (Lipinski definition) is 3. The Labute approximate surface area is 138 Å². The molecule has 0 aromatic heterocycles. The van der Waals surface area contributed by atoms with Crippen molar-refractivity contribution >= 4 is 23.2 Å². The van der Waals surface area contributed by atoms with Gasteiger partial charge >= 0.3 is 0 Å². The number of hydrogen-bond donors (Lipinski definition) is 2. The van der Waals surface area contributed by atoms with E-state index in [1.54, 1.807) is 12.1 Å². The van der Waals surface area contributed by atoms with E-state index in [2.05, 4.69) is 22.5 Å². The lowest BCUT2D eigenvalue weighted by Gasteiger charge is -2.29. The summed E-state index contributed by atoms with van der Waals surface area (Å²) in [4.78, 5) is 14.5. The van der Waals surface area contributed by atoms with Crippen molar-refractivity contribution in [3.63, 3.8) is 0 Å². The zero-order valence-electron chi connectivity index (χ0n) is 13.3. The zero-order valence-corrected chi connectivity index (χ0v) is 14.0. The molecule has 1 unspecified atom stereocenters. The third-order valence-corrected chi connectivity index (χ3v) is 4.20. The number of rotatable bonds is 7.